The molecule has 0 spiro atoms. The molecule has 0 unspecified atom stereocenters. The Morgan fingerprint density at radius 1 is 0.609 bits per heavy atom. The minimum atomic E-state index is -2.72. The van der Waals surface area contributed by atoms with E-state index in [0.29, 0.717) is 0 Å². The van der Waals surface area contributed by atoms with Gasteiger partial charge in [-0.3, -0.25) is 0 Å². The van der Waals surface area contributed by atoms with Crippen molar-refractivity contribution in [2.45, 2.75) is 53.8 Å². The Morgan fingerprint density at radius 2 is 0.913 bits per heavy atom. The number of aryl methyl sites for hydroxylation is 2. The first-order chi connectivity index (χ1) is 10.8. The Morgan fingerprint density at radius 3 is 1.17 bits per heavy atom. The molecule has 0 amide bonds. The van der Waals surface area contributed by atoms with E-state index in [1.165, 1.54) is 11.1 Å². The summed E-state index contributed by atoms with van der Waals surface area (Å²) in [4.78, 5) is 0. The molecule has 0 fully saturated rings. The van der Waals surface area contributed by atoms with E-state index in [-0.39, 0.29) is 12.2 Å². The van der Waals surface area contributed by atoms with Crippen LogP contribution in [0.2, 0.25) is 0 Å². The second kappa shape index (κ2) is 7.57. The van der Waals surface area contributed by atoms with Gasteiger partial charge in [0.2, 0.25) is 0 Å². The molecule has 3 heteroatoms. The Hall–Kier alpha value is -1.21. The zero-order chi connectivity index (χ0) is 17.0. The summed E-state index contributed by atoms with van der Waals surface area (Å²) in [5, 5.41) is 2.32. The summed E-state index contributed by atoms with van der Waals surface area (Å²) in [6, 6.07) is 17.2. The van der Waals surface area contributed by atoms with Crippen LogP contribution in [0.3, 0.4) is 0 Å². The molecule has 23 heavy (non-hydrogen) atoms. The van der Waals surface area contributed by atoms with Gasteiger partial charge in [-0.2, -0.15) is 0 Å². The van der Waals surface area contributed by atoms with Crippen LogP contribution in [0, 0.1) is 13.8 Å². The summed E-state index contributed by atoms with van der Waals surface area (Å²) in [5.41, 5.74) is 2.49. The number of hydrogen-bond acceptors (Lipinski definition) is 2. The van der Waals surface area contributed by atoms with Gasteiger partial charge < -0.3 is 0 Å². The van der Waals surface area contributed by atoms with Crippen molar-refractivity contribution in [1.82, 2.24) is 0 Å². The van der Waals surface area contributed by atoms with E-state index < -0.39 is 7.72 Å². The first-order valence-electron chi connectivity index (χ1n) is 8.33. The van der Waals surface area contributed by atoms with Crippen molar-refractivity contribution >= 4 is 18.3 Å². The summed E-state index contributed by atoms with van der Waals surface area (Å²) >= 11 is 0. The predicted molar refractivity (Wildman–Crippen MR) is 102 cm³/mol. The van der Waals surface area contributed by atoms with Gasteiger partial charge in [0.15, 0.2) is 0 Å². The van der Waals surface area contributed by atoms with Crippen molar-refractivity contribution < 1.29 is 9.05 Å². The Balaban J connectivity index is 2.62. The second-order valence-electron chi connectivity index (χ2n) is 6.68. The standard InChI is InChI=1S/C20H29O2P/c1-15(2)21-23(22-16(3)4,19-11-7-17(5)8-12-19)20-13-9-18(6)10-14-20/h7-16,23H,1-6H3. The van der Waals surface area contributed by atoms with Gasteiger partial charge in [-0.15, -0.1) is 0 Å². The Bertz CT molecular complexity index is 558. The summed E-state index contributed by atoms with van der Waals surface area (Å²) < 4.78 is 13.0. The molecule has 2 nitrogen and oxygen atoms in total. The Labute approximate surface area is 141 Å². The average Bonchev–Trinajstić information content (AvgIpc) is 2.46. The quantitative estimate of drug-likeness (QED) is 0.715. The molecule has 2 aromatic carbocycles. The zero-order valence-electron chi connectivity index (χ0n) is 15.1. The predicted octanol–water partition coefficient (Wildman–Crippen LogP) is 4.68. The molecule has 0 bridgehead atoms. The number of benzene rings is 2. The van der Waals surface area contributed by atoms with Gasteiger partial charge in [0, 0.05) is 0 Å². The van der Waals surface area contributed by atoms with Gasteiger partial charge in [0.1, 0.15) is 0 Å². The molecule has 126 valence electrons. The molecule has 0 saturated carbocycles. The maximum atomic E-state index is 6.52. The molecule has 0 aliphatic rings. The number of rotatable bonds is 6. The summed E-state index contributed by atoms with van der Waals surface area (Å²) in [6.45, 7) is 12.5. The normalized spacial score (nSPS) is 12.9. The molecule has 0 aliphatic heterocycles. The van der Waals surface area contributed by atoms with Crippen molar-refractivity contribution in [2.75, 3.05) is 0 Å². The van der Waals surface area contributed by atoms with Crippen molar-refractivity contribution in [1.29, 1.82) is 0 Å². The van der Waals surface area contributed by atoms with Crippen LogP contribution in [0.25, 0.3) is 0 Å². The molecule has 0 aromatic heterocycles. The average molecular weight is 332 g/mol. The van der Waals surface area contributed by atoms with E-state index in [1.807, 2.05) is 0 Å². The van der Waals surface area contributed by atoms with Crippen LogP contribution >= 0.6 is 7.72 Å². The minimum absolute atomic E-state index is 0.100. The van der Waals surface area contributed by atoms with Gasteiger partial charge in [-0.25, -0.2) is 0 Å². The van der Waals surface area contributed by atoms with E-state index >= 15 is 0 Å². The summed E-state index contributed by atoms with van der Waals surface area (Å²) in [7, 11) is -2.72. The van der Waals surface area contributed by atoms with Gasteiger partial charge >= 0.3 is 141 Å². The third kappa shape index (κ3) is 4.41. The van der Waals surface area contributed by atoms with Crippen molar-refractivity contribution in [3.63, 3.8) is 0 Å². The molecule has 2 rings (SSSR count). The molecular weight excluding hydrogens is 303 g/mol. The van der Waals surface area contributed by atoms with Crippen LogP contribution in [0.15, 0.2) is 48.5 Å². The van der Waals surface area contributed by atoms with E-state index in [2.05, 4.69) is 90.1 Å². The van der Waals surface area contributed by atoms with Crippen LogP contribution in [0.4, 0.5) is 0 Å². The van der Waals surface area contributed by atoms with E-state index in [1.54, 1.807) is 0 Å². The second-order valence-corrected chi connectivity index (χ2v) is 9.54. The summed E-state index contributed by atoms with van der Waals surface area (Å²) in [5.74, 6) is 0. The third-order valence-electron chi connectivity index (χ3n) is 3.67. The summed E-state index contributed by atoms with van der Waals surface area (Å²) in [6.07, 6.45) is 0.200. The number of hydrogen-bond donors (Lipinski definition) is 0. The van der Waals surface area contributed by atoms with Crippen LogP contribution < -0.4 is 10.6 Å². The molecule has 2 aromatic rings. The monoisotopic (exact) mass is 332 g/mol. The SMILES string of the molecule is Cc1ccc([PH](OC(C)C)(OC(C)C)c2ccc(C)cc2)cc1. The first-order valence-corrected chi connectivity index (χ1v) is 10.1. The fourth-order valence-electron chi connectivity index (χ4n) is 2.68. The van der Waals surface area contributed by atoms with E-state index in [0.717, 1.165) is 10.6 Å². The molecule has 0 saturated heterocycles. The molecule has 0 radical (unpaired) electrons. The van der Waals surface area contributed by atoms with Crippen molar-refractivity contribution in [2.24, 2.45) is 0 Å². The van der Waals surface area contributed by atoms with Crippen molar-refractivity contribution in [3.05, 3.63) is 59.7 Å². The fourth-order valence-corrected chi connectivity index (χ4v) is 6.15. The fraction of sp³-hybridized carbons (Fsp3) is 0.400. The van der Waals surface area contributed by atoms with Crippen LogP contribution in [-0.4, -0.2) is 12.2 Å². The van der Waals surface area contributed by atoms with E-state index in [4.69, 9.17) is 9.05 Å². The van der Waals surface area contributed by atoms with Gasteiger partial charge in [-0.05, 0) is 0 Å². The molecule has 0 N–H and O–H groups in total. The van der Waals surface area contributed by atoms with Crippen LogP contribution in [0.1, 0.15) is 38.8 Å². The molecule has 0 heterocycles. The van der Waals surface area contributed by atoms with E-state index in [9.17, 15) is 0 Å². The Kier molecular flexibility index (Phi) is 5.97. The van der Waals surface area contributed by atoms with Gasteiger partial charge in [0.05, 0.1) is 0 Å². The van der Waals surface area contributed by atoms with Gasteiger partial charge in [-0.1, -0.05) is 0 Å². The molecular formula is C20H29O2P. The maximum absolute atomic E-state index is 6.52. The van der Waals surface area contributed by atoms with Crippen molar-refractivity contribution in [3.8, 4) is 0 Å². The molecule has 0 atom stereocenters. The first kappa shape index (κ1) is 18.1. The molecule has 0 aliphatic carbocycles. The third-order valence-corrected chi connectivity index (χ3v) is 7.46. The zero-order valence-corrected chi connectivity index (χ0v) is 16.1. The topological polar surface area (TPSA) is 18.5 Å². The van der Waals surface area contributed by atoms with Gasteiger partial charge in [0.25, 0.3) is 0 Å². The van der Waals surface area contributed by atoms with Crippen LogP contribution in [0.5, 0.6) is 0 Å². The van der Waals surface area contributed by atoms with Crippen LogP contribution in [-0.2, 0) is 9.05 Å².